The molecule has 0 saturated heterocycles. The van der Waals surface area contributed by atoms with Crippen LogP contribution in [0.25, 0.3) is 6.08 Å². The second-order valence-corrected chi connectivity index (χ2v) is 7.85. The number of hydrogen-bond acceptors (Lipinski definition) is 2. The van der Waals surface area contributed by atoms with Gasteiger partial charge >= 0.3 is 5.97 Å². The fourth-order valence-electron chi connectivity index (χ4n) is 3.75. The zero-order chi connectivity index (χ0) is 18.4. The predicted octanol–water partition coefficient (Wildman–Crippen LogP) is 6.28. The van der Waals surface area contributed by atoms with E-state index in [1.54, 1.807) is 0 Å². The maximum Gasteiger partial charge on any atom is 0.306 e. The average Bonchev–Trinajstić information content (AvgIpc) is 2.54. The van der Waals surface area contributed by atoms with Crippen LogP contribution >= 0.6 is 0 Å². The Balaban J connectivity index is 2.15. The lowest BCUT2D eigenvalue weighted by atomic mass is 9.72. The second-order valence-electron chi connectivity index (χ2n) is 7.85. The first-order valence-corrected chi connectivity index (χ1v) is 9.47. The van der Waals surface area contributed by atoms with E-state index in [9.17, 15) is 4.79 Å². The fourth-order valence-corrected chi connectivity index (χ4v) is 3.75. The van der Waals surface area contributed by atoms with Crippen LogP contribution in [0.2, 0.25) is 0 Å². The number of esters is 1. The molecule has 0 amide bonds. The summed E-state index contributed by atoms with van der Waals surface area (Å²) >= 11 is 0. The Morgan fingerprint density at radius 2 is 2.08 bits per heavy atom. The van der Waals surface area contributed by atoms with Gasteiger partial charge in [-0.3, -0.25) is 4.79 Å². The number of ether oxygens (including phenoxy) is 1. The number of hydrogen-bond donors (Lipinski definition) is 0. The van der Waals surface area contributed by atoms with E-state index >= 15 is 0 Å². The van der Waals surface area contributed by atoms with Gasteiger partial charge in [0.05, 0.1) is 13.0 Å². The third kappa shape index (κ3) is 5.32. The van der Waals surface area contributed by atoms with Crippen molar-refractivity contribution >= 4 is 12.0 Å². The van der Waals surface area contributed by atoms with E-state index in [-0.39, 0.29) is 17.3 Å². The first-order valence-electron chi connectivity index (χ1n) is 9.47. The van der Waals surface area contributed by atoms with E-state index in [1.807, 2.05) is 6.92 Å². The minimum absolute atomic E-state index is 0.124. The molecule has 1 atom stereocenters. The van der Waals surface area contributed by atoms with Crippen molar-refractivity contribution in [2.45, 2.75) is 66.2 Å². The molecule has 2 heteroatoms. The molecule has 25 heavy (non-hydrogen) atoms. The molecule has 1 aromatic rings. The molecular weight excluding hydrogens is 308 g/mol. The molecule has 0 N–H and O–H groups in total. The van der Waals surface area contributed by atoms with Crippen molar-refractivity contribution in [3.05, 3.63) is 52.6 Å². The molecule has 2 rings (SSSR count). The third-order valence-corrected chi connectivity index (χ3v) is 5.24. The van der Waals surface area contributed by atoms with Crippen LogP contribution < -0.4 is 0 Å². The summed E-state index contributed by atoms with van der Waals surface area (Å²) in [5.74, 6) is 0.0418. The molecular formula is C23H32O2. The summed E-state index contributed by atoms with van der Waals surface area (Å²) in [5, 5.41) is 0. The Hall–Kier alpha value is -1.83. The maximum atomic E-state index is 11.7. The molecule has 0 heterocycles. The van der Waals surface area contributed by atoms with E-state index in [1.165, 1.54) is 41.5 Å². The fraction of sp³-hybridized carbons (Fsp3) is 0.522. The average molecular weight is 341 g/mol. The summed E-state index contributed by atoms with van der Waals surface area (Å²) in [6.45, 7) is 11.3. The molecule has 0 saturated carbocycles. The van der Waals surface area contributed by atoms with Gasteiger partial charge in [0.2, 0.25) is 0 Å². The molecule has 0 aromatic heterocycles. The van der Waals surface area contributed by atoms with Crippen molar-refractivity contribution < 1.29 is 9.53 Å². The zero-order valence-electron chi connectivity index (χ0n) is 16.4. The Bertz CT molecular complexity index is 664. The SMILES string of the molecule is CCOC(=O)CC(C)c1cccc(/C=C/C2=C(C)CCCC2(C)C)c1. The van der Waals surface area contributed by atoms with Gasteiger partial charge in [0.25, 0.3) is 0 Å². The summed E-state index contributed by atoms with van der Waals surface area (Å²) in [6.07, 6.45) is 8.69. The van der Waals surface area contributed by atoms with Gasteiger partial charge in [0, 0.05) is 0 Å². The largest absolute Gasteiger partial charge is 0.466 e. The summed E-state index contributed by atoms with van der Waals surface area (Å²) in [7, 11) is 0. The summed E-state index contributed by atoms with van der Waals surface area (Å²) in [5.41, 5.74) is 5.62. The number of allylic oxidation sites excluding steroid dienone is 3. The Labute approximate surface area is 153 Å². The lowest BCUT2D eigenvalue weighted by Gasteiger charge is -2.32. The van der Waals surface area contributed by atoms with Crippen molar-refractivity contribution in [1.29, 1.82) is 0 Å². The van der Waals surface area contributed by atoms with Gasteiger partial charge in [0.15, 0.2) is 0 Å². The van der Waals surface area contributed by atoms with Crippen molar-refractivity contribution in [3.63, 3.8) is 0 Å². The molecule has 0 radical (unpaired) electrons. The molecule has 1 aromatic carbocycles. The van der Waals surface area contributed by atoms with Crippen LogP contribution in [0.3, 0.4) is 0 Å². The molecule has 0 aliphatic heterocycles. The normalized spacial score (nSPS) is 18.4. The highest BCUT2D eigenvalue weighted by Crippen LogP contribution is 2.41. The highest BCUT2D eigenvalue weighted by atomic mass is 16.5. The molecule has 0 bridgehead atoms. The molecule has 1 unspecified atom stereocenters. The van der Waals surface area contributed by atoms with Crippen LogP contribution in [0.5, 0.6) is 0 Å². The molecule has 2 nitrogen and oxygen atoms in total. The predicted molar refractivity (Wildman–Crippen MR) is 105 cm³/mol. The standard InChI is InChI=1S/C23H32O2/c1-6-25-22(24)15-18(3)20-11-7-10-19(16-20)12-13-21-17(2)9-8-14-23(21,4)5/h7,10-13,16,18H,6,8-9,14-15H2,1-5H3/b13-12+. The monoisotopic (exact) mass is 340 g/mol. The van der Waals surface area contributed by atoms with Crippen LogP contribution in [0, 0.1) is 5.41 Å². The van der Waals surface area contributed by atoms with Crippen LogP contribution in [0.15, 0.2) is 41.5 Å². The third-order valence-electron chi connectivity index (χ3n) is 5.24. The molecule has 0 spiro atoms. The van der Waals surface area contributed by atoms with E-state index in [0.717, 1.165) is 0 Å². The lowest BCUT2D eigenvalue weighted by molar-refractivity contribution is -0.143. The van der Waals surface area contributed by atoms with Crippen LogP contribution in [0.1, 0.15) is 77.3 Å². The molecule has 136 valence electrons. The van der Waals surface area contributed by atoms with Crippen LogP contribution in [-0.2, 0) is 9.53 Å². The number of benzene rings is 1. The van der Waals surface area contributed by atoms with Crippen LogP contribution in [-0.4, -0.2) is 12.6 Å². The Kier molecular flexibility index (Phi) is 6.64. The quantitative estimate of drug-likeness (QED) is 0.569. The van der Waals surface area contributed by atoms with Crippen molar-refractivity contribution in [3.8, 4) is 0 Å². The second kappa shape index (κ2) is 8.51. The summed E-state index contributed by atoms with van der Waals surface area (Å²) < 4.78 is 5.07. The van der Waals surface area contributed by atoms with Gasteiger partial charge < -0.3 is 4.74 Å². The summed E-state index contributed by atoms with van der Waals surface area (Å²) in [6, 6.07) is 8.48. The van der Waals surface area contributed by atoms with E-state index in [0.29, 0.717) is 13.0 Å². The summed E-state index contributed by atoms with van der Waals surface area (Å²) in [4.78, 5) is 11.7. The van der Waals surface area contributed by atoms with Gasteiger partial charge in [-0.2, -0.15) is 0 Å². The number of rotatable bonds is 6. The van der Waals surface area contributed by atoms with E-state index < -0.39 is 0 Å². The number of carbonyl (C=O) groups excluding carboxylic acids is 1. The topological polar surface area (TPSA) is 26.3 Å². The molecule has 1 aliphatic rings. The van der Waals surface area contributed by atoms with Crippen molar-refractivity contribution in [2.24, 2.45) is 5.41 Å². The van der Waals surface area contributed by atoms with E-state index in [4.69, 9.17) is 4.74 Å². The van der Waals surface area contributed by atoms with Gasteiger partial charge in [-0.05, 0) is 61.1 Å². The van der Waals surface area contributed by atoms with Gasteiger partial charge in [0.1, 0.15) is 0 Å². The smallest absolute Gasteiger partial charge is 0.306 e. The molecule has 0 fully saturated rings. The first-order chi connectivity index (χ1) is 11.8. The minimum Gasteiger partial charge on any atom is -0.466 e. The Morgan fingerprint density at radius 3 is 2.76 bits per heavy atom. The minimum atomic E-state index is -0.124. The first kappa shape index (κ1) is 19.5. The van der Waals surface area contributed by atoms with Crippen molar-refractivity contribution in [1.82, 2.24) is 0 Å². The van der Waals surface area contributed by atoms with Gasteiger partial charge in [-0.1, -0.05) is 62.8 Å². The number of carbonyl (C=O) groups is 1. The lowest BCUT2D eigenvalue weighted by Crippen LogP contribution is -2.18. The van der Waals surface area contributed by atoms with Crippen LogP contribution in [0.4, 0.5) is 0 Å². The van der Waals surface area contributed by atoms with E-state index in [2.05, 4.69) is 64.1 Å². The van der Waals surface area contributed by atoms with Gasteiger partial charge in [-0.15, -0.1) is 0 Å². The maximum absolute atomic E-state index is 11.7. The molecule has 1 aliphatic carbocycles. The van der Waals surface area contributed by atoms with Crippen molar-refractivity contribution in [2.75, 3.05) is 6.61 Å². The zero-order valence-corrected chi connectivity index (χ0v) is 16.4. The highest BCUT2D eigenvalue weighted by molar-refractivity contribution is 5.70. The van der Waals surface area contributed by atoms with Gasteiger partial charge in [-0.25, -0.2) is 0 Å². The highest BCUT2D eigenvalue weighted by Gasteiger charge is 2.26. The Morgan fingerprint density at radius 1 is 1.32 bits per heavy atom.